The van der Waals surface area contributed by atoms with Crippen molar-refractivity contribution in [3.63, 3.8) is 0 Å². The Bertz CT molecular complexity index is 365. The van der Waals surface area contributed by atoms with Crippen molar-refractivity contribution in [3.05, 3.63) is 29.6 Å². The van der Waals surface area contributed by atoms with Gasteiger partial charge in [0.15, 0.2) is 0 Å². The molecule has 0 unspecified atom stereocenters. The highest BCUT2D eigenvalue weighted by molar-refractivity contribution is 5.92. The number of carbonyl (C=O) groups is 2. The number of rotatable bonds is 3. The molecule has 74 valence electrons. The highest BCUT2D eigenvalue weighted by Gasteiger charge is 2.01. The minimum Gasteiger partial charge on any atom is -0.530 e. The number of nitrogens with two attached hydrogens (primary N) is 1. The van der Waals surface area contributed by atoms with Gasteiger partial charge in [-0.15, -0.1) is 0 Å². The van der Waals surface area contributed by atoms with Gasteiger partial charge in [0, 0.05) is 11.8 Å². The number of amides is 2. The second-order valence-corrected chi connectivity index (χ2v) is 2.54. The van der Waals surface area contributed by atoms with Crippen molar-refractivity contribution in [1.29, 1.82) is 0 Å². The Kier molecular flexibility index (Phi) is 3.01. The Balaban J connectivity index is 2.73. The molecule has 1 aromatic heterocycles. The van der Waals surface area contributed by atoms with Gasteiger partial charge < -0.3 is 21.0 Å². The smallest absolute Gasteiger partial charge is 0.248 e. The number of carbonyl (C=O) groups excluding carboxylic acids is 2. The summed E-state index contributed by atoms with van der Waals surface area (Å²) in [7, 11) is 0. The van der Waals surface area contributed by atoms with Gasteiger partial charge in [0.1, 0.15) is 6.09 Å². The van der Waals surface area contributed by atoms with Crippen LogP contribution >= 0.6 is 0 Å². The van der Waals surface area contributed by atoms with Crippen LogP contribution in [0.3, 0.4) is 0 Å². The lowest BCUT2D eigenvalue weighted by atomic mass is 10.2. The van der Waals surface area contributed by atoms with Crippen molar-refractivity contribution in [2.75, 3.05) is 0 Å². The van der Waals surface area contributed by atoms with Crippen LogP contribution in [0.25, 0.3) is 0 Å². The number of aromatic nitrogens is 1. The third-order valence-corrected chi connectivity index (χ3v) is 1.51. The topological polar surface area (TPSA) is 108 Å². The maximum atomic E-state index is 10.7. The van der Waals surface area contributed by atoms with Crippen LogP contribution in [0.1, 0.15) is 16.1 Å². The van der Waals surface area contributed by atoms with E-state index < -0.39 is 12.0 Å². The molecule has 0 saturated carbocycles. The zero-order valence-corrected chi connectivity index (χ0v) is 7.19. The van der Waals surface area contributed by atoms with Crippen LogP contribution in [0.5, 0.6) is 0 Å². The molecule has 6 nitrogen and oxygen atoms in total. The molecule has 1 aromatic rings. The van der Waals surface area contributed by atoms with Crippen LogP contribution in [-0.4, -0.2) is 17.0 Å². The Labute approximate surface area is 79.8 Å². The molecule has 3 N–H and O–H groups in total. The molecule has 0 radical (unpaired) electrons. The van der Waals surface area contributed by atoms with Crippen molar-refractivity contribution in [2.24, 2.45) is 5.73 Å². The van der Waals surface area contributed by atoms with Gasteiger partial charge in [0.05, 0.1) is 12.2 Å². The Morgan fingerprint density at radius 3 is 2.86 bits per heavy atom. The Morgan fingerprint density at radius 2 is 2.29 bits per heavy atom. The first kappa shape index (κ1) is 9.97. The number of primary amides is 1. The molecule has 1 rings (SSSR count). The first-order chi connectivity index (χ1) is 6.59. The third kappa shape index (κ3) is 2.74. The lowest BCUT2D eigenvalue weighted by molar-refractivity contribution is -0.251. The van der Waals surface area contributed by atoms with E-state index in [1.54, 1.807) is 0 Å². The van der Waals surface area contributed by atoms with Crippen LogP contribution < -0.4 is 16.2 Å². The standard InChI is InChI=1S/C8H9N3O3/c9-7(12)5-1-2-10-6(3-5)4-11-8(13)14/h1-3,11H,4H2,(H2,9,12)(H,13,14)/p-1. The van der Waals surface area contributed by atoms with Gasteiger partial charge in [-0.25, -0.2) is 0 Å². The maximum absolute atomic E-state index is 10.7. The quantitative estimate of drug-likeness (QED) is 0.617. The molecule has 14 heavy (non-hydrogen) atoms. The monoisotopic (exact) mass is 194 g/mol. The highest BCUT2D eigenvalue weighted by atomic mass is 16.4. The van der Waals surface area contributed by atoms with Gasteiger partial charge in [-0.3, -0.25) is 9.78 Å². The predicted molar refractivity (Wildman–Crippen MR) is 45.0 cm³/mol. The van der Waals surface area contributed by atoms with Crippen molar-refractivity contribution < 1.29 is 14.7 Å². The molecule has 0 aliphatic heterocycles. The molecule has 0 saturated heterocycles. The number of carboxylic acid groups (broad SMARTS) is 1. The summed E-state index contributed by atoms with van der Waals surface area (Å²) in [5.41, 5.74) is 5.72. The average Bonchev–Trinajstić information content (AvgIpc) is 2.15. The van der Waals surface area contributed by atoms with Crippen molar-refractivity contribution >= 4 is 12.0 Å². The maximum Gasteiger partial charge on any atom is 0.248 e. The molecule has 0 aromatic carbocycles. The van der Waals surface area contributed by atoms with E-state index in [1.807, 2.05) is 5.32 Å². The van der Waals surface area contributed by atoms with E-state index in [0.29, 0.717) is 5.69 Å². The number of hydrogen-bond donors (Lipinski definition) is 2. The fourth-order valence-electron chi connectivity index (χ4n) is 0.891. The molecule has 0 bridgehead atoms. The van der Waals surface area contributed by atoms with Gasteiger partial charge >= 0.3 is 0 Å². The van der Waals surface area contributed by atoms with E-state index in [4.69, 9.17) is 5.73 Å². The van der Waals surface area contributed by atoms with E-state index >= 15 is 0 Å². The Morgan fingerprint density at radius 1 is 1.57 bits per heavy atom. The van der Waals surface area contributed by atoms with E-state index in [1.165, 1.54) is 18.3 Å². The summed E-state index contributed by atoms with van der Waals surface area (Å²) in [6.45, 7) is -0.0105. The molecule has 0 fully saturated rings. The largest absolute Gasteiger partial charge is 0.530 e. The van der Waals surface area contributed by atoms with Crippen molar-refractivity contribution in [3.8, 4) is 0 Å². The van der Waals surface area contributed by atoms with Crippen LogP contribution in [0, 0.1) is 0 Å². The second-order valence-electron chi connectivity index (χ2n) is 2.54. The summed E-state index contributed by atoms with van der Waals surface area (Å²) in [6.07, 6.45) is -0.0110. The molecule has 2 amide bonds. The van der Waals surface area contributed by atoms with Crippen molar-refractivity contribution in [2.45, 2.75) is 6.54 Å². The summed E-state index contributed by atoms with van der Waals surface area (Å²) >= 11 is 0. The molecule has 1 heterocycles. The molecule has 6 heteroatoms. The molecular weight excluding hydrogens is 186 g/mol. The molecule has 0 atom stereocenters. The molecular formula is C8H8N3O3-. The Hall–Kier alpha value is -2.11. The lowest BCUT2D eigenvalue weighted by Gasteiger charge is -2.05. The summed E-state index contributed by atoms with van der Waals surface area (Å²) < 4.78 is 0. The highest BCUT2D eigenvalue weighted by Crippen LogP contribution is 2.00. The lowest BCUT2D eigenvalue weighted by Crippen LogP contribution is -2.36. The van der Waals surface area contributed by atoms with Gasteiger partial charge in [-0.2, -0.15) is 0 Å². The average molecular weight is 194 g/mol. The summed E-state index contributed by atoms with van der Waals surface area (Å²) in [5, 5.41) is 12.1. The minimum absolute atomic E-state index is 0.0105. The SMILES string of the molecule is NC(=O)c1ccnc(CNC(=O)[O-])c1. The summed E-state index contributed by atoms with van der Waals surface area (Å²) in [5.74, 6) is -0.581. The summed E-state index contributed by atoms with van der Waals surface area (Å²) in [6, 6.07) is 2.86. The van der Waals surface area contributed by atoms with Crippen LogP contribution in [0.4, 0.5) is 4.79 Å². The van der Waals surface area contributed by atoms with Gasteiger partial charge in [-0.1, -0.05) is 0 Å². The second kappa shape index (κ2) is 4.22. The molecule has 0 aliphatic rings. The predicted octanol–water partition coefficient (Wildman–Crippen LogP) is -1.39. The number of pyridine rings is 1. The van der Waals surface area contributed by atoms with Gasteiger partial charge in [0.2, 0.25) is 5.91 Å². The van der Waals surface area contributed by atoms with Gasteiger partial charge in [-0.05, 0) is 12.1 Å². The fraction of sp³-hybridized carbons (Fsp3) is 0.125. The van der Waals surface area contributed by atoms with Crippen molar-refractivity contribution in [1.82, 2.24) is 10.3 Å². The van der Waals surface area contributed by atoms with Crippen LogP contribution in [-0.2, 0) is 6.54 Å². The summed E-state index contributed by atoms with van der Waals surface area (Å²) in [4.78, 5) is 24.6. The first-order valence-electron chi connectivity index (χ1n) is 3.79. The van der Waals surface area contributed by atoms with Crippen LogP contribution in [0.2, 0.25) is 0 Å². The van der Waals surface area contributed by atoms with Crippen LogP contribution in [0.15, 0.2) is 18.3 Å². The zero-order valence-electron chi connectivity index (χ0n) is 7.19. The number of nitrogens with one attached hydrogen (secondary N) is 1. The van der Waals surface area contributed by atoms with Gasteiger partial charge in [0.25, 0.3) is 0 Å². The van der Waals surface area contributed by atoms with E-state index in [9.17, 15) is 14.7 Å². The van der Waals surface area contributed by atoms with E-state index in [0.717, 1.165) is 0 Å². The first-order valence-corrected chi connectivity index (χ1v) is 3.79. The zero-order chi connectivity index (χ0) is 10.6. The number of hydrogen-bond acceptors (Lipinski definition) is 4. The molecule has 0 spiro atoms. The normalized spacial score (nSPS) is 9.43. The number of nitrogens with zero attached hydrogens (tertiary/aromatic N) is 1. The van der Waals surface area contributed by atoms with E-state index in [2.05, 4.69) is 4.98 Å². The molecule has 0 aliphatic carbocycles. The minimum atomic E-state index is -1.39. The third-order valence-electron chi connectivity index (χ3n) is 1.51. The van der Waals surface area contributed by atoms with E-state index in [-0.39, 0.29) is 12.1 Å². The fourth-order valence-corrected chi connectivity index (χ4v) is 0.891.